The Balaban J connectivity index is 0.000000139. The van der Waals surface area contributed by atoms with Crippen LogP contribution in [0.4, 0.5) is 45.5 Å². The van der Waals surface area contributed by atoms with E-state index in [4.69, 9.17) is 4.74 Å². The van der Waals surface area contributed by atoms with Crippen LogP contribution in [0, 0.1) is 0 Å². The van der Waals surface area contributed by atoms with Gasteiger partial charge in [0.05, 0.1) is 19.3 Å². The number of amides is 4. The number of ether oxygens (including phenoxy) is 1. The van der Waals surface area contributed by atoms with E-state index >= 15 is 0 Å². The van der Waals surface area contributed by atoms with Crippen LogP contribution in [0.3, 0.4) is 0 Å². The number of nitrogens with one attached hydrogen (secondary N) is 9. The number of aliphatic hydroxyl groups is 1. The summed E-state index contributed by atoms with van der Waals surface area (Å²) in [6, 6.07) is 51.1. The molecule has 16 rings (SSSR count). The van der Waals surface area contributed by atoms with Crippen LogP contribution in [-0.4, -0.2) is 202 Å². The Bertz CT molecular complexity index is 5430. The molecule has 10 N–H and O–H groups in total. The zero-order valence-corrected chi connectivity index (χ0v) is 66.9. The molecule has 0 atom stereocenters. The molecule has 0 saturated carbocycles. The fourth-order valence-electron chi connectivity index (χ4n) is 14.1. The molecule has 0 unspecified atom stereocenters. The van der Waals surface area contributed by atoms with E-state index in [1.165, 1.54) is 0 Å². The van der Waals surface area contributed by atoms with E-state index in [1.807, 2.05) is 109 Å². The van der Waals surface area contributed by atoms with E-state index in [0.717, 1.165) is 185 Å². The van der Waals surface area contributed by atoms with Crippen LogP contribution in [0.1, 0.15) is 68.1 Å². The summed E-state index contributed by atoms with van der Waals surface area (Å²) in [5.74, 6) is -1.30. The van der Waals surface area contributed by atoms with Crippen LogP contribution >= 0.6 is 0 Å². The molecular formula is C91H97N19O10. The highest BCUT2D eigenvalue weighted by Crippen LogP contribution is 2.28. The van der Waals surface area contributed by atoms with Crippen molar-refractivity contribution in [2.45, 2.75) is 32.8 Å². The molecule has 12 heterocycles. The van der Waals surface area contributed by atoms with Gasteiger partial charge in [0.15, 0.2) is 0 Å². The van der Waals surface area contributed by atoms with Crippen LogP contribution in [-0.2, 0) is 4.74 Å². The molecule has 4 aliphatic rings. The lowest BCUT2D eigenvalue weighted by atomic mass is 10.1. The number of aromatic amines is 4. The van der Waals surface area contributed by atoms with E-state index < -0.39 is 0 Å². The van der Waals surface area contributed by atoms with Crippen molar-refractivity contribution in [1.82, 2.24) is 55.0 Å². The number of aromatic nitrogens is 8. The highest BCUT2D eigenvalue weighted by Gasteiger charge is 2.23. The third-order valence-corrected chi connectivity index (χ3v) is 21.2. The number of morpholine rings is 1. The molecule has 12 aromatic rings. The van der Waals surface area contributed by atoms with Gasteiger partial charge >= 0.3 is 0 Å². The number of pyridine rings is 8. The number of aliphatic hydroxyl groups excluding tert-OH is 1. The first-order valence-corrected chi connectivity index (χ1v) is 40.2. The minimum atomic E-state index is -0.361. The summed E-state index contributed by atoms with van der Waals surface area (Å²) >= 11 is 0. The Morgan fingerprint density at radius 2 is 0.650 bits per heavy atom. The number of hydrogen-bond acceptors (Lipinski definition) is 21. The molecular weight excluding hydrogens is 1520 g/mol. The second-order valence-electron chi connectivity index (χ2n) is 28.9. The molecule has 4 aliphatic heterocycles. The van der Waals surface area contributed by atoms with E-state index in [2.05, 4.69) is 110 Å². The maximum absolute atomic E-state index is 12.8. The number of H-pyrrole nitrogens is 4. The number of carbonyl (C=O) groups excluding carboxylic acids is 4. The first kappa shape index (κ1) is 84.1. The maximum atomic E-state index is 12.8. The summed E-state index contributed by atoms with van der Waals surface area (Å²) in [6.07, 6.45) is 21.2. The lowest BCUT2D eigenvalue weighted by Crippen LogP contribution is -2.48. The standard InChI is InChI=1S/C27H34N6O2.C22H22N4O3.C21H21N5O2.C21H20N4O3/c1-3-31(4-2)13-14-32-15-17-33(18-16-32)24-7-5-22(6-8-24)26(34)30-25-19-23(20-29-27(25)35)21-9-11-28-12-10-21;27-19-7-11-26(12-8-19)18-3-1-16(2-4-18)21(28)25-20-13-17(14-24-22(20)29)15-5-9-23-10-6-15;27-20(16-1-3-18(4-2-16)26-11-9-23-10-12-26)25-19-13-17(14-24-21(19)28)15-5-7-22-8-6-15;26-20(16-1-3-18(4-2-16)25-9-11-28-12-10-25)24-19-13-17(14-23-21(19)27)15-5-7-22-8-6-15/h5-12,19-20H,3-4,13-18H2,1-2H3,(H,29,35)(H,30,34);1-6,9-10,13-14,19,27H,7-8,11-12H2,(H,24,29)(H,25,28);1-8,13-14,23H,9-12H2,(H,24,28)(H,25,27);1-8,13-14H,9-12H2,(H,23,27)(H,24,26). The number of piperazine rings is 2. The van der Waals surface area contributed by atoms with Gasteiger partial charge < -0.3 is 80.9 Å². The topological polar surface area (TPSA) is 360 Å². The first-order valence-electron chi connectivity index (χ1n) is 40.2. The molecule has 4 fully saturated rings. The quantitative estimate of drug-likeness (QED) is 0.0319. The Morgan fingerprint density at radius 1 is 0.375 bits per heavy atom. The zero-order chi connectivity index (χ0) is 83.5. The summed E-state index contributed by atoms with van der Waals surface area (Å²) in [5, 5.41) is 23.8. The number of likely N-dealkylation sites (N-methyl/N-ethyl adjacent to an activating group) is 1. The van der Waals surface area contributed by atoms with Gasteiger partial charge in [-0.3, -0.25) is 63.2 Å². The van der Waals surface area contributed by atoms with Gasteiger partial charge in [0.2, 0.25) is 0 Å². The minimum Gasteiger partial charge on any atom is -0.393 e. The van der Waals surface area contributed by atoms with Crippen molar-refractivity contribution >= 4 is 69.1 Å². The SMILES string of the molecule is CCN(CC)CCN1CCN(c2ccc(C(=O)Nc3cc(-c4ccncc4)c[nH]c3=O)cc2)CC1.O=C(Nc1cc(-c2ccncc2)c[nH]c1=O)c1ccc(N2CCC(O)CC2)cc1.O=C(Nc1cc(-c2ccncc2)c[nH]c1=O)c1ccc(N2CCNCC2)cc1.O=C(Nc1cc(-c2ccncc2)c[nH]c1=O)c1ccc(N2CCOCC2)cc1. The first-order chi connectivity index (χ1) is 58.6. The van der Waals surface area contributed by atoms with Crippen LogP contribution < -0.4 is 68.4 Å². The smallest absolute Gasteiger partial charge is 0.271 e. The van der Waals surface area contributed by atoms with Gasteiger partial charge in [-0.25, -0.2) is 0 Å². The number of nitrogens with zero attached hydrogens (tertiary/aromatic N) is 10. The molecule has 4 amide bonds. The molecule has 4 aromatic carbocycles. The summed E-state index contributed by atoms with van der Waals surface area (Å²) in [4.78, 5) is 140. The number of hydrogen-bond donors (Lipinski definition) is 10. The monoisotopic (exact) mass is 1620 g/mol. The third kappa shape index (κ3) is 23.1. The lowest BCUT2D eigenvalue weighted by Gasteiger charge is -2.37. The number of carbonyl (C=O) groups is 4. The van der Waals surface area contributed by atoms with Gasteiger partial charge in [0, 0.05) is 233 Å². The molecule has 29 nitrogen and oxygen atoms in total. The van der Waals surface area contributed by atoms with Crippen molar-refractivity contribution in [3.63, 3.8) is 0 Å². The second kappa shape index (κ2) is 41.8. The number of piperidine rings is 1. The molecule has 8 aromatic heterocycles. The van der Waals surface area contributed by atoms with Crippen LogP contribution in [0.15, 0.2) is 263 Å². The fraction of sp³-hybridized carbons (Fsp3) is 0.253. The van der Waals surface area contributed by atoms with Crippen molar-refractivity contribution in [2.24, 2.45) is 0 Å². The summed E-state index contributed by atoms with van der Waals surface area (Å²) < 4.78 is 5.36. The van der Waals surface area contributed by atoms with Gasteiger partial charge in [0.1, 0.15) is 22.7 Å². The summed E-state index contributed by atoms with van der Waals surface area (Å²) in [6.45, 7) is 21.4. The average molecular weight is 1620 g/mol. The minimum absolute atomic E-state index is 0.193. The summed E-state index contributed by atoms with van der Waals surface area (Å²) in [7, 11) is 0. The van der Waals surface area contributed by atoms with Crippen molar-refractivity contribution in [1.29, 1.82) is 0 Å². The predicted molar refractivity (Wildman–Crippen MR) is 471 cm³/mol. The number of benzene rings is 4. The maximum Gasteiger partial charge on any atom is 0.271 e. The molecule has 0 bridgehead atoms. The van der Waals surface area contributed by atoms with Gasteiger partial charge in [-0.05, 0) is 218 Å². The Kier molecular flexibility index (Phi) is 29.3. The normalized spacial score (nSPS) is 14.2. The molecule has 120 heavy (non-hydrogen) atoms. The van der Waals surface area contributed by atoms with Crippen LogP contribution in [0.5, 0.6) is 0 Å². The summed E-state index contributed by atoms with van der Waals surface area (Å²) in [5.41, 5.74) is 12.5. The molecule has 29 heteroatoms. The van der Waals surface area contributed by atoms with E-state index in [1.54, 1.807) is 135 Å². The van der Waals surface area contributed by atoms with E-state index in [-0.39, 0.29) is 74.7 Å². The molecule has 0 spiro atoms. The van der Waals surface area contributed by atoms with Gasteiger partial charge in [-0.1, -0.05) is 13.8 Å². The number of rotatable bonds is 21. The Morgan fingerprint density at radius 3 is 0.942 bits per heavy atom. The van der Waals surface area contributed by atoms with Gasteiger partial charge in [-0.15, -0.1) is 0 Å². The van der Waals surface area contributed by atoms with Crippen molar-refractivity contribution in [3.05, 3.63) is 308 Å². The second-order valence-corrected chi connectivity index (χ2v) is 28.9. The predicted octanol–water partition coefficient (Wildman–Crippen LogP) is 10.4. The van der Waals surface area contributed by atoms with Crippen LogP contribution in [0.25, 0.3) is 44.5 Å². The Hall–Kier alpha value is -13.8. The molecule has 0 aliphatic carbocycles. The zero-order valence-electron chi connectivity index (χ0n) is 66.9. The molecule has 4 saturated heterocycles. The average Bonchev–Trinajstić information content (AvgIpc) is 0.840. The van der Waals surface area contributed by atoms with Crippen molar-refractivity contribution in [2.75, 3.05) is 159 Å². The lowest BCUT2D eigenvalue weighted by molar-refractivity contribution is 0.101. The highest BCUT2D eigenvalue weighted by atomic mass is 16.5. The van der Waals surface area contributed by atoms with E-state index in [9.17, 15) is 43.5 Å². The third-order valence-electron chi connectivity index (χ3n) is 21.2. The fourth-order valence-corrected chi connectivity index (χ4v) is 14.1. The van der Waals surface area contributed by atoms with Gasteiger partial charge in [-0.2, -0.15) is 0 Å². The van der Waals surface area contributed by atoms with Crippen LogP contribution in [0.2, 0.25) is 0 Å². The van der Waals surface area contributed by atoms with Crippen molar-refractivity contribution < 1.29 is 29.0 Å². The highest BCUT2D eigenvalue weighted by molar-refractivity contribution is 6.07. The number of anilines is 8. The van der Waals surface area contributed by atoms with Gasteiger partial charge in [0.25, 0.3) is 45.9 Å². The van der Waals surface area contributed by atoms with Crippen molar-refractivity contribution in [3.8, 4) is 44.5 Å². The molecule has 616 valence electrons. The Labute approximate surface area is 693 Å². The van der Waals surface area contributed by atoms with E-state index in [0.29, 0.717) is 35.5 Å². The largest absolute Gasteiger partial charge is 0.393 e. The molecule has 0 radical (unpaired) electrons.